The molecular weight excluding hydrogens is 304 g/mol. The Morgan fingerprint density at radius 1 is 1.36 bits per heavy atom. The zero-order valence-corrected chi connectivity index (χ0v) is 14.1. The highest BCUT2D eigenvalue weighted by atomic mass is 32.1. The van der Waals surface area contributed by atoms with Gasteiger partial charge in [-0.3, -0.25) is 9.69 Å². The lowest BCUT2D eigenvalue weighted by Crippen LogP contribution is -2.36. The number of rotatable bonds is 8. The summed E-state index contributed by atoms with van der Waals surface area (Å²) in [5, 5.41) is 0.563. The second kappa shape index (κ2) is 7.69. The normalized spacial score (nSPS) is 14.0. The van der Waals surface area contributed by atoms with Crippen LogP contribution in [0.15, 0.2) is 0 Å². The molecule has 0 bridgehead atoms. The van der Waals surface area contributed by atoms with E-state index in [1.54, 1.807) is 18.7 Å². The standard InChI is InChI=1S/C15H22N2O4S/c1-4-8-20-9-12(18)17(11-6-7-11)15-16-10(3)13(22-15)14(19)21-5-2/h11H,4-9H2,1-3H3. The van der Waals surface area contributed by atoms with E-state index in [2.05, 4.69) is 4.98 Å². The summed E-state index contributed by atoms with van der Waals surface area (Å²) in [6, 6.07) is 0.179. The van der Waals surface area contributed by atoms with E-state index in [1.165, 1.54) is 11.3 Å². The molecule has 122 valence electrons. The Hall–Kier alpha value is -1.47. The summed E-state index contributed by atoms with van der Waals surface area (Å²) in [7, 11) is 0. The molecular formula is C15H22N2O4S. The molecule has 22 heavy (non-hydrogen) atoms. The molecule has 7 heteroatoms. The van der Waals surface area contributed by atoms with Crippen LogP contribution in [0, 0.1) is 6.92 Å². The number of amides is 1. The van der Waals surface area contributed by atoms with Gasteiger partial charge in [0.05, 0.1) is 12.3 Å². The zero-order valence-electron chi connectivity index (χ0n) is 13.3. The van der Waals surface area contributed by atoms with Gasteiger partial charge >= 0.3 is 5.97 Å². The fraction of sp³-hybridized carbons (Fsp3) is 0.667. The minimum absolute atomic E-state index is 0.0533. The number of nitrogens with zero attached hydrogens (tertiary/aromatic N) is 2. The van der Waals surface area contributed by atoms with Crippen molar-refractivity contribution < 1.29 is 19.1 Å². The highest BCUT2D eigenvalue weighted by molar-refractivity contribution is 7.17. The Morgan fingerprint density at radius 2 is 2.09 bits per heavy atom. The van der Waals surface area contributed by atoms with Crippen molar-refractivity contribution in [2.45, 2.75) is 46.1 Å². The Balaban J connectivity index is 2.13. The van der Waals surface area contributed by atoms with Crippen LogP contribution >= 0.6 is 11.3 Å². The number of esters is 1. The molecule has 0 aromatic carbocycles. The maximum atomic E-state index is 12.4. The van der Waals surface area contributed by atoms with Gasteiger partial charge in [-0.1, -0.05) is 18.3 Å². The van der Waals surface area contributed by atoms with Crippen LogP contribution in [0.1, 0.15) is 48.5 Å². The van der Waals surface area contributed by atoms with Crippen molar-refractivity contribution in [3.8, 4) is 0 Å². The first-order chi connectivity index (χ1) is 10.6. The van der Waals surface area contributed by atoms with Crippen molar-refractivity contribution in [2.75, 3.05) is 24.7 Å². The molecule has 1 heterocycles. The number of carbonyl (C=O) groups excluding carboxylic acids is 2. The second-order valence-electron chi connectivity index (χ2n) is 5.18. The third kappa shape index (κ3) is 4.04. The third-order valence-corrected chi connectivity index (χ3v) is 4.34. The van der Waals surface area contributed by atoms with Gasteiger partial charge in [0, 0.05) is 12.6 Å². The molecule has 0 aliphatic heterocycles. The lowest BCUT2D eigenvalue weighted by Gasteiger charge is -2.19. The summed E-state index contributed by atoms with van der Waals surface area (Å²) in [6.45, 7) is 6.46. The number of hydrogen-bond donors (Lipinski definition) is 0. The first kappa shape index (κ1) is 16.9. The van der Waals surface area contributed by atoms with Gasteiger partial charge in [0.25, 0.3) is 5.91 Å². The second-order valence-corrected chi connectivity index (χ2v) is 6.16. The van der Waals surface area contributed by atoms with Gasteiger partial charge in [-0.25, -0.2) is 9.78 Å². The van der Waals surface area contributed by atoms with Crippen molar-refractivity contribution in [3.63, 3.8) is 0 Å². The number of anilines is 1. The van der Waals surface area contributed by atoms with Gasteiger partial charge in [0.2, 0.25) is 0 Å². The van der Waals surface area contributed by atoms with Crippen molar-refractivity contribution in [3.05, 3.63) is 10.6 Å². The molecule has 0 unspecified atom stereocenters. The minimum atomic E-state index is -0.380. The molecule has 0 N–H and O–H groups in total. The topological polar surface area (TPSA) is 68.7 Å². The van der Waals surface area contributed by atoms with Crippen LogP contribution < -0.4 is 4.90 Å². The summed E-state index contributed by atoms with van der Waals surface area (Å²) < 4.78 is 10.4. The van der Waals surface area contributed by atoms with Crippen molar-refractivity contribution in [1.82, 2.24) is 4.98 Å². The fourth-order valence-electron chi connectivity index (χ4n) is 2.04. The highest BCUT2D eigenvalue weighted by Crippen LogP contribution is 2.35. The zero-order chi connectivity index (χ0) is 16.1. The molecule has 0 radical (unpaired) electrons. The molecule has 1 aliphatic carbocycles. The van der Waals surface area contributed by atoms with Gasteiger partial charge in [-0.05, 0) is 33.1 Å². The molecule has 1 aromatic rings. The first-order valence-corrected chi connectivity index (χ1v) is 8.44. The van der Waals surface area contributed by atoms with Crippen LogP contribution in [0.3, 0.4) is 0 Å². The summed E-state index contributed by atoms with van der Waals surface area (Å²) in [5.41, 5.74) is 0.603. The van der Waals surface area contributed by atoms with Crippen LogP contribution in [-0.2, 0) is 14.3 Å². The Morgan fingerprint density at radius 3 is 2.68 bits per heavy atom. The van der Waals surface area contributed by atoms with Gasteiger partial charge in [-0.15, -0.1) is 0 Å². The molecule has 1 saturated carbocycles. The predicted molar refractivity (Wildman–Crippen MR) is 84.4 cm³/mol. The number of aromatic nitrogens is 1. The molecule has 0 atom stereocenters. The molecule has 1 aliphatic rings. The van der Waals surface area contributed by atoms with Gasteiger partial charge < -0.3 is 9.47 Å². The van der Waals surface area contributed by atoms with Crippen LogP contribution in [0.2, 0.25) is 0 Å². The fourth-order valence-corrected chi connectivity index (χ4v) is 3.09. The van der Waals surface area contributed by atoms with Crippen LogP contribution in [0.4, 0.5) is 5.13 Å². The lowest BCUT2D eigenvalue weighted by atomic mass is 10.4. The SMILES string of the molecule is CCCOCC(=O)N(c1nc(C)c(C(=O)OCC)s1)C1CC1. The summed E-state index contributed by atoms with van der Waals surface area (Å²) in [4.78, 5) is 30.8. The van der Waals surface area contributed by atoms with Crippen molar-refractivity contribution >= 4 is 28.3 Å². The highest BCUT2D eigenvalue weighted by Gasteiger charge is 2.36. The summed E-state index contributed by atoms with van der Waals surface area (Å²) >= 11 is 1.22. The molecule has 1 aromatic heterocycles. The van der Waals surface area contributed by atoms with Crippen molar-refractivity contribution in [2.24, 2.45) is 0 Å². The Kier molecular flexibility index (Phi) is 5.90. The monoisotopic (exact) mass is 326 g/mol. The van der Waals surface area contributed by atoms with E-state index in [4.69, 9.17) is 9.47 Å². The molecule has 1 fully saturated rings. The third-order valence-electron chi connectivity index (χ3n) is 3.21. The quantitative estimate of drug-likeness (QED) is 0.542. The maximum Gasteiger partial charge on any atom is 0.350 e. The van der Waals surface area contributed by atoms with Crippen LogP contribution in [0.25, 0.3) is 0 Å². The van der Waals surface area contributed by atoms with E-state index in [0.717, 1.165) is 19.3 Å². The maximum absolute atomic E-state index is 12.4. The van der Waals surface area contributed by atoms with E-state index in [9.17, 15) is 9.59 Å². The largest absolute Gasteiger partial charge is 0.462 e. The number of ether oxygens (including phenoxy) is 2. The van der Waals surface area contributed by atoms with Crippen LogP contribution in [0.5, 0.6) is 0 Å². The van der Waals surface area contributed by atoms with E-state index in [1.807, 2.05) is 6.92 Å². The summed E-state index contributed by atoms with van der Waals surface area (Å²) in [6.07, 6.45) is 2.81. The molecule has 6 nitrogen and oxygen atoms in total. The number of carbonyl (C=O) groups is 2. The van der Waals surface area contributed by atoms with Crippen LogP contribution in [-0.4, -0.2) is 42.7 Å². The average molecular weight is 326 g/mol. The average Bonchev–Trinajstić information content (AvgIpc) is 3.22. The van der Waals surface area contributed by atoms with E-state index in [0.29, 0.717) is 28.9 Å². The summed E-state index contributed by atoms with van der Waals surface area (Å²) in [5.74, 6) is -0.478. The van der Waals surface area contributed by atoms with Gasteiger partial charge in [0.15, 0.2) is 5.13 Å². The smallest absolute Gasteiger partial charge is 0.350 e. The van der Waals surface area contributed by atoms with E-state index >= 15 is 0 Å². The van der Waals surface area contributed by atoms with E-state index in [-0.39, 0.29) is 24.5 Å². The molecule has 1 amide bonds. The van der Waals surface area contributed by atoms with Gasteiger partial charge in [-0.2, -0.15) is 0 Å². The van der Waals surface area contributed by atoms with E-state index < -0.39 is 0 Å². The Bertz CT molecular complexity index is 540. The number of thiazole rings is 1. The minimum Gasteiger partial charge on any atom is -0.462 e. The molecule has 0 spiro atoms. The first-order valence-electron chi connectivity index (χ1n) is 7.62. The predicted octanol–water partition coefficient (Wildman–Crippen LogP) is 2.55. The molecule has 2 rings (SSSR count). The Labute approximate surface area is 134 Å². The lowest BCUT2D eigenvalue weighted by molar-refractivity contribution is -0.123. The molecule has 0 saturated heterocycles. The number of hydrogen-bond acceptors (Lipinski definition) is 6. The van der Waals surface area contributed by atoms with Crippen molar-refractivity contribution in [1.29, 1.82) is 0 Å². The van der Waals surface area contributed by atoms with Gasteiger partial charge in [0.1, 0.15) is 11.5 Å². The number of aryl methyl sites for hydroxylation is 1.